The van der Waals surface area contributed by atoms with Crippen molar-refractivity contribution in [3.8, 4) is 0 Å². The Kier molecular flexibility index (Phi) is 3.40. The summed E-state index contributed by atoms with van der Waals surface area (Å²) >= 11 is 5.80. The minimum absolute atomic E-state index is 0.741. The first kappa shape index (κ1) is 8.57. The third kappa shape index (κ3) is 2.56. The number of hydrogen-bond donors (Lipinski definition) is 0. The summed E-state index contributed by atoms with van der Waals surface area (Å²) in [6.45, 7) is 5.52. The van der Waals surface area contributed by atoms with Crippen molar-refractivity contribution >= 4 is 11.6 Å². The maximum atomic E-state index is 5.80. The van der Waals surface area contributed by atoms with Gasteiger partial charge >= 0.3 is 0 Å². The van der Waals surface area contributed by atoms with Gasteiger partial charge in [0.15, 0.2) is 0 Å². The van der Waals surface area contributed by atoms with Crippen molar-refractivity contribution in [3.05, 3.63) is 23.4 Å². The third-order valence-corrected chi connectivity index (χ3v) is 1.66. The van der Waals surface area contributed by atoms with E-state index in [-0.39, 0.29) is 0 Å². The Labute approximate surface area is 61.6 Å². The average Bonchev–Trinajstić information content (AvgIpc) is 1.84. The molecule has 0 aliphatic heterocycles. The van der Waals surface area contributed by atoms with E-state index in [9.17, 15) is 0 Å². The average molecular weight is 146 g/mol. The van der Waals surface area contributed by atoms with Crippen LogP contribution < -0.4 is 0 Å². The SMILES string of the molecule is C=CC(C)=C(Cl)N(C)C. The van der Waals surface area contributed by atoms with E-state index in [1.807, 2.05) is 25.9 Å². The first-order valence-corrected chi connectivity index (χ1v) is 3.13. The Morgan fingerprint density at radius 2 is 2.00 bits per heavy atom. The number of allylic oxidation sites excluding steroid dienone is 2. The molecule has 1 nitrogen and oxygen atoms in total. The Morgan fingerprint density at radius 1 is 1.56 bits per heavy atom. The molecule has 0 fully saturated rings. The van der Waals surface area contributed by atoms with Crippen molar-refractivity contribution < 1.29 is 0 Å². The van der Waals surface area contributed by atoms with Gasteiger partial charge in [-0.05, 0) is 12.5 Å². The van der Waals surface area contributed by atoms with Gasteiger partial charge in [0.2, 0.25) is 0 Å². The Bertz CT molecular complexity index is 136. The molecule has 0 saturated heterocycles. The van der Waals surface area contributed by atoms with E-state index in [1.165, 1.54) is 0 Å². The highest BCUT2D eigenvalue weighted by Crippen LogP contribution is 2.11. The molecule has 0 aromatic heterocycles. The maximum Gasteiger partial charge on any atom is 0.107 e. The lowest BCUT2D eigenvalue weighted by molar-refractivity contribution is 0.542. The lowest BCUT2D eigenvalue weighted by Gasteiger charge is -2.11. The van der Waals surface area contributed by atoms with Crippen LogP contribution in [0.4, 0.5) is 0 Å². The highest BCUT2D eigenvalue weighted by molar-refractivity contribution is 6.29. The van der Waals surface area contributed by atoms with E-state index in [1.54, 1.807) is 6.08 Å². The van der Waals surface area contributed by atoms with Crippen molar-refractivity contribution in [2.45, 2.75) is 6.92 Å². The zero-order valence-corrected chi connectivity index (χ0v) is 6.87. The standard InChI is InChI=1S/C7H12ClN/c1-5-6(2)7(8)9(3)4/h5H,1H2,2-4H3. The summed E-state index contributed by atoms with van der Waals surface area (Å²) < 4.78 is 0. The van der Waals surface area contributed by atoms with Crippen LogP contribution in [0.3, 0.4) is 0 Å². The second-order valence-corrected chi connectivity index (χ2v) is 2.43. The molecule has 52 valence electrons. The fraction of sp³-hybridized carbons (Fsp3) is 0.429. The maximum absolute atomic E-state index is 5.80. The first-order chi connectivity index (χ1) is 4.09. The monoisotopic (exact) mass is 145 g/mol. The van der Waals surface area contributed by atoms with Crippen LogP contribution in [0.5, 0.6) is 0 Å². The number of hydrogen-bond acceptors (Lipinski definition) is 1. The third-order valence-electron chi connectivity index (χ3n) is 1.02. The van der Waals surface area contributed by atoms with Gasteiger partial charge in [-0.25, -0.2) is 0 Å². The van der Waals surface area contributed by atoms with E-state index in [4.69, 9.17) is 11.6 Å². The molecule has 0 unspecified atom stereocenters. The second-order valence-electron chi connectivity index (χ2n) is 2.07. The highest BCUT2D eigenvalue weighted by atomic mass is 35.5. The minimum atomic E-state index is 0.741. The van der Waals surface area contributed by atoms with Gasteiger partial charge in [0, 0.05) is 14.1 Å². The molecule has 0 saturated carbocycles. The van der Waals surface area contributed by atoms with Gasteiger partial charge in [-0.1, -0.05) is 24.3 Å². The van der Waals surface area contributed by atoms with Crippen molar-refractivity contribution in [2.24, 2.45) is 0 Å². The van der Waals surface area contributed by atoms with Gasteiger partial charge in [0.1, 0.15) is 5.16 Å². The Balaban J connectivity index is 4.27. The predicted octanol–water partition coefficient (Wildman–Crippen LogP) is 2.20. The van der Waals surface area contributed by atoms with Gasteiger partial charge in [-0.15, -0.1) is 0 Å². The summed E-state index contributed by atoms with van der Waals surface area (Å²) in [4.78, 5) is 1.85. The number of rotatable bonds is 2. The molecule has 0 atom stereocenters. The molecule has 0 spiro atoms. The lowest BCUT2D eigenvalue weighted by atomic mass is 10.3. The Morgan fingerprint density at radius 3 is 2.11 bits per heavy atom. The molecule has 0 rings (SSSR count). The number of nitrogens with zero attached hydrogens (tertiary/aromatic N) is 1. The van der Waals surface area contributed by atoms with E-state index >= 15 is 0 Å². The summed E-state index contributed by atoms with van der Waals surface area (Å²) in [6.07, 6.45) is 1.74. The molecule has 0 aliphatic rings. The van der Waals surface area contributed by atoms with Gasteiger partial charge in [0.05, 0.1) is 0 Å². The fourth-order valence-electron chi connectivity index (χ4n) is 0.437. The van der Waals surface area contributed by atoms with Crippen LogP contribution in [-0.4, -0.2) is 19.0 Å². The summed E-state index contributed by atoms with van der Waals surface area (Å²) in [6, 6.07) is 0. The second kappa shape index (κ2) is 3.57. The van der Waals surface area contributed by atoms with Crippen molar-refractivity contribution in [1.29, 1.82) is 0 Å². The van der Waals surface area contributed by atoms with Gasteiger partial charge < -0.3 is 4.90 Å². The van der Waals surface area contributed by atoms with Crippen LogP contribution in [0.15, 0.2) is 23.4 Å². The topological polar surface area (TPSA) is 3.24 Å². The largest absolute Gasteiger partial charge is 0.368 e. The van der Waals surface area contributed by atoms with E-state index in [0.29, 0.717) is 0 Å². The van der Waals surface area contributed by atoms with Crippen LogP contribution in [0.1, 0.15) is 6.92 Å². The molecule has 0 amide bonds. The predicted molar refractivity (Wildman–Crippen MR) is 42.4 cm³/mol. The molecule has 0 aromatic carbocycles. The summed E-state index contributed by atoms with van der Waals surface area (Å²) in [5, 5.41) is 0.741. The van der Waals surface area contributed by atoms with E-state index < -0.39 is 0 Å². The summed E-state index contributed by atoms with van der Waals surface area (Å²) in [5.74, 6) is 0. The molecule has 0 heterocycles. The molecular weight excluding hydrogens is 134 g/mol. The van der Waals surface area contributed by atoms with Crippen LogP contribution in [0.25, 0.3) is 0 Å². The summed E-state index contributed by atoms with van der Waals surface area (Å²) in [7, 11) is 3.80. The molecule has 0 aromatic rings. The van der Waals surface area contributed by atoms with Crippen molar-refractivity contribution in [1.82, 2.24) is 4.90 Å². The van der Waals surface area contributed by atoms with Crippen LogP contribution >= 0.6 is 11.6 Å². The van der Waals surface area contributed by atoms with Crippen molar-refractivity contribution in [2.75, 3.05) is 14.1 Å². The van der Waals surface area contributed by atoms with Gasteiger partial charge in [0.25, 0.3) is 0 Å². The normalized spacial score (nSPS) is 12.4. The van der Waals surface area contributed by atoms with Gasteiger partial charge in [-0.2, -0.15) is 0 Å². The smallest absolute Gasteiger partial charge is 0.107 e. The summed E-state index contributed by atoms with van der Waals surface area (Å²) in [5.41, 5.74) is 1.00. The fourth-order valence-corrected chi connectivity index (χ4v) is 0.514. The van der Waals surface area contributed by atoms with E-state index in [2.05, 4.69) is 6.58 Å². The molecule has 2 heteroatoms. The molecule has 0 N–H and O–H groups in total. The van der Waals surface area contributed by atoms with Crippen molar-refractivity contribution in [3.63, 3.8) is 0 Å². The molecular formula is C7H12ClN. The Hall–Kier alpha value is -0.430. The zero-order chi connectivity index (χ0) is 7.44. The van der Waals surface area contributed by atoms with Crippen LogP contribution in [0, 0.1) is 0 Å². The van der Waals surface area contributed by atoms with E-state index in [0.717, 1.165) is 10.7 Å². The molecule has 9 heavy (non-hydrogen) atoms. The lowest BCUT2D eigenvalue weighted by Crippen LogP contribution is -2.07. The first-order valence-electron chi connectivity index (χ1n) is 2.75. The molecule has 0 aliphatic carbocycles. The van der Waals surface area contributed by atoms with Crippen LogP contribution in [0.2, 0.25) is 0 Å². The minimum Gasteiger partial charge on any atom is -0.368 e. The quantitative estimate of drug-likeness (QED) is 0.426. The molecule has 0 radical (unpaired) electrons. The number of halogens is 1. The van der Waals surface area contributed by atoms with Gasteiger partial charge in [-0.3, -0.25) is 0 Å². The van der Waals surface area contributed by atoms with Crippen LogP contribution in [-0.2, 0) is 0 Å². The zero-order valence-electron chi connectivity index (χ0n) is 6.11. The molecule has 0 bridgehead atoms. The highest BCUT2D eigenvalue weighted by Gasteiger charge is 1.95.